The Hall–Kier alpha value is -1.36. The lowest BCUT2D eigenvalue weighted by molar-refractivity contribution is 0.0959. The van der Waals surface area contributed by atoms with Gasteiger partial charge in [0.25, 0.3) is 0 Å². The summed E-state index contributed by atoms with van der Waals surface area (Å²) in [6.07, 6.45) is 5.06. The highest BCUT2D eigenvalue weighted by atomic mass is 16.5. The van der Waals surface area contributed by atoms with E-state index in [4.69, 9.17) is 10.5 Å². The van der Waals surface area contributed by atoms with Gasteiger partial charge in [0.1, 0.15) is 5.69 Å². The van der Waals surface area contributed by atoms with Gasteiger partial charge >= 0.3 is 0 Å². The van der Waals surface area contributed by atoms with Crippen LogP contribution in [0.3, 0.4) is 0 Å². The van der Waals surface area contributed by atoms with Crippen LogP contribution >= 0.6 is 0 Å². The smallest absolute Gasteiger partial charge is 0.184 e. The van der Waals surface area contributed by atoms with E-state index < -0.39 is 0 Å². The number of methoxy groups -OCH3 is 1. The van der Waals surface area contributed by atoms with E-state index in [1.807, 2.05) is 6.92 Å². The number of ether oxygens (including phenoxy) is 1. The molecule has 0 fully saturated rings. The number of nitrogens with zero attached hydrogens (tertiary/aromatic N) is 2. The molecular weight excluding hydrogens is 242 g/mol. The van der Waals surface area contributed by atoms with Crippen molar-refractivity contribution < 1.29 is 9.53 Å². The number of Topliss-reactive ketones (excluding diaryl/α,β-unsaturated/α-hetero) is 1. The molecule has 0 aliphatic heterocycles. The van der Waals surface area contributed by atoms with E-state index in [1.54, 1.807) is 18.0 Å². The zero-order valence-corrected chi connectivity index (χ0v) is 12.2. The Kier molecular flexibility index (Phi) is 6.56. The summed E-state index contributed by atoms with van der Waals surface area (Å²) in [5, 5.41) is 4.16. The first kappa shape index (κ1) is 15.7. The normalized spacial score (nSPS) is 12.4. The van der Waals surface area contributed by atoms with Gasteiger partial charge in [-0.1, -0.05) is 13.3 Å². The molecule has 0 bridgehead atoms. The van der Waals surface area contributed by atoms with E-state index >= 15 is 0 Å². The zero-order valence-electron chi connectivity index (χ0n) is 12.2. The molecule has 2 N–H and O–H groups in total. The van der Waals surface area contributed by atoms with Gasteiger partial charge < -0.3 is 10.5 Å². The van der Waals surface area contributed by atoms with Crippen LogP contribution in [0.4, 0.5) is 0 Å². The summed E-state index contributed by atoms with van der Waals surface area (Å²) in [6, 6.07) is 0. The molecule has 1 aromatic heterocycles. The topological polar surface area (TPSA) is 70.1 Å². The number of hydrogen-bond donors (Lipinski definition) is 1. The fourth-order valence-electron chi connectivity index (χ4n) is 2.28. The zero-order chi connectivity index (χ0) is 14.3. The summed E-state index contributed by atoms with van der Waals surface area (Å²) in [6.45, 7) is 5.46. The number of ketones is 1. The molecule has 5 heteroatoms. The standard InChI is InChI=1S/C14H25N3O2/c1-4-11(8-9-15)6-7-12(18)14-13(19-3)10-16-17(14)5-2/h10-11H,4-9,15H2,1-3H3. The fraction of sp³-hybridized carbons (Fsp3) is 0.714. The van der Waals surface area contributed by atoms with Crippen molar-refractivity contribution in [3.8, 4) is 5.75 Å². The van der Waals surface area contributed by atoms with Gasteiger partial charge in [0.15, 0.2) is 11.5 Å². The SMILES string of the molecule is CCC(CCN)CCC(=O)c1c(OC)cnn1CC. The van der Waals surface area contributed by atoms with Crippen molar-refractivity contribution in [1.82, 2.24) is 9.78 Å². The van der Waals surface area contributed by atoms with Crippen molar-refractivity contribution in [2.45, 2.75) is 46.1 Å². The van der Waals surface area contributed by atoms with Gasteiger partial charge in [-0.15, -0.1) is 0 Å². The first-order valence-corrected chi connectivity index (χ1v) is 7.00. The molecule has 1 rings (SSSR count). The van der Waals surface area contributed by atoms with Crippen molar-refractivity contribution in [2.24, 2.45) is 11.7 Å². The van der Waals surface area contributed by atoms with Gasteiger partial charge in [-0.05, 0) is 32.2 Å². The van der Waals surface area contributed by atoms with Crippen LogP contribution in [0.25, 0.3) is 0 Å². The Bertz CT molecular complexity index is 380. The predicted octanol–water partition coefficient (Wildman–Crippen LogP) is 2.25. The summed E-state index contributed by atoms with van der Waals surface area (Å²) in [7, 11) is 1.57. The number of rotatable bonds is 9. The maximum atomic E-state index is 12.3. The van der Waals surface area contributed by atoms with Crippen LogP contribution in [0.2, 0.25) is 0 Å². The van der Waals surface area contributed by atoms with E-state index in [2.05, 4.69) is 12.0 Å². The maximum absolute atomic E-state index is 12.3. The van der Waals surface area contributed by atoms with Crippen molar-refractivity contribution in [3.63, 3.8) is 0 Å². The molecule has 5 nitrogen and oxygen atoms in total. The lowest BCUT2D eigenvalue weighted by atomic mass is 9.95. The molecular formula is C14H25N3O2. The summed E-state index contributed by atoms with van der Waals surface area (Å²) in [5.74, 6) is 1.20. The number of nitrogens with two attached hydrogens (primary N) is 1. The molecule has 19 heavy (non-hydrogen) atoms. The number of aryl methyl sites for hydroxylation is 1. The number of hydrogen-bond acceptors (Lipinski definition) is 4. The molecule has 0 spiro atoms. The van der Waals surface area contributed by atoms with E-state index in [1.165, 1.54) is 0 Å². The van der Waals surface area contributed by atoms with Gasteiger partial charge in [-0.3, -0.25) is 9.48 Å². The molecule has 0 aliphatic carbocycles. The van der Waals surface area contributed by atoms with E-state index in [0.29, 0.717) is 36.9 Å². The molecule has 1 atom stereocenters. The van der Waals surface area contributed by atoms with Crippen molar-refractivity contribution >= 4 is 5.78 Å². The number of aromatic nitrogens is 2. The Balaban J connectivity index is 2.69. The third-order valence-corrected chi connectivity index (χ3v) is 3.52. The predicted molar refractivity (Wildman–Crippen MR) is 75.5 cm³/mol. The van der Waals surface area contributed by atoms with E-state index in [0.717, 1.165) is 19.3 Å². The van der Waals surface area contributed by atoms with Gasteiger partial charge in [-0.25, -0.2) is 0 Å². The Morgan fingerprint density at radius 3 is 2.74 bits per heavy atom. The van der Waals surface area contributed by atoms with Gasteiger partial charge in [0.05, 0.1) is 13.3 Å². The highest BCUT2D eigenvalue weighted by Crippen LogP contribution is 2.22. The summed E-state index contributed by atoms with van der Waals surface area (Å²) in [5.41, 5.74) is 6.17. The lowest BCUT2D eigenvalue weighted by Crippen LogP contribution is -2.13. The number of carbonyl (C=O) groups excluding carboxylic acids is 1. The average molecular weight is 267 g/mol. The van der Waals surface area contributed by atoms with E-state index in [-0.39, 0.29) is 5.78 Å². The minimum atomic E-state index is 0.103. The van der Waals surface area contributed by atoms with Crippen molar-refractivity contribution in [2.75, 3.05) is 13.7 Å². The first-order chi connectivity index (χ1) is 9.17. The quantitative estimate of drug-likeness (QED) is 0.697. The third kappa shape index (κ3) is 4.06. The Morgan fingerprint density at radius 1 is 1.47 bits per heavy atom. The van der Waals surface area contributed by atoms with Crippen LogP contribution in [-0.4, -0.2) is 29.2 Å². The maximum Gasteiger partial charge on any atom is 0.184 e. The minimum Gasteiger partial charge on any atom is -0.493 e. The van der Waals surface area contributed by atoms with Crippen LogP contribution in [0.5, 0.6) is 5.75 Å². The Labute approximate surface area is 115 Å². The molecule has 0 aromatic carbocycles. The lowest BCUT2D eigenvalue weighted by Gasteiger charge is -2.13. The van der Waals surface area contributed by atoms with E-state index in [9.17, 15) is 4.79 Å². The van der Waals surface area contributed by atoms with Crippen LogP contribution < -0.4 is 10.5 Å². The molecule has 0 aliphatic rings. The molecule has 1 unspecified atom stereocenters. The van der Waals surface area contributed by atoms with Crippen molar-refractivity contribution in [1.29, 1.82) is 0 Å². The molecule has 0 saturated heterocycles. The summed E-state index contributed by atoms with van der Waals surface area (Å²) >= 11 is 0. The number of carbonyl (C=O) groups is 1. The molecule has 1 heterocycles. The second-order valence-corrected chi connectivity index (χ2v) is 4.69. The van der Waals surface area contributed by atoms with Gasteiger partial charge in [-0.2, -0.15) is 5.10 Å². The van der Waals surface area contributed by atoms with Crippen molar-refractivity contribution in [3.05, 3.63) is 11.9 Å². The van der Waals surface area contributed by atoms with Crippen LogP contribution in [-0.2, 0) is 6.54 Å². The molecule has 1 aromatic rings. The van der Waals surface area contributed by atoms with Crippen LogP contribution in [0.1, 0.15) is 50.0 Å². The second kappa shape index (κ2) is 7.94. The fourth-order valence-corrected chi connectivity index (χ4v) is 2.28. The monoisotopic (exact) mass is 267 g/mol. The molecule has 0 radical (unpaired) electrons. The second-order valence-electron chi connectivity index (χ2n) is 4.69. The average Bonchev–Trinajstić information content (AvgIpc) is 2.85. The first-order valence-electron chi connectivity index (χ1n) is 7.00. The summed E-state index contributed by atoms with van der Waals surface area (Å²) in [4.78, 5) is 12.3. The molecule has 0 amide bonds. The largest absolute Gasteiger partial charge is 0.493 e. The minimum absolute atomic E-state index is 0.103. The molecule has 0 saturated carbocycles. The van der Waals surface area contributed by atoms with Crippen LogP contribution in [0.15, 0.2) is 6.20 Å². The molecule has 108 valence electrons. The summed E-state index contributed by atoms with van der Waals surface area (Å²) < 4.78 is 6.90. The Morgan fingerprint density at radius 2 is 2.21 bits per heavy atom. The highest BCUT2D eigenvalue weighted by Gasteiger charge is 2.19. The van der Waals surface area contributed by atoms with Crippen LogP contribution in [0, 0.1) is 5.92 Å². The third-order valence-electron chi connectivity index (χ3n) is 3.52. The van der Waals surface area contributed by atoms with Gasteiger partial charge in [0.2, 0.25) is 0 Å². The highest BCUT2D eigenvalue weighted by molar-refractivity contribution is 5.97. The van der Waals surface area contributed by atoms with Gasteiger partial charge in [0, 0.05) is 13.0 Å².